The van der Waals surface area contributed by atoms with E-state index in [-0.39, 0.29) is 17.5 Å². The molecule has 0 spiro atoms. The molecule has 0 saturated carbocycles. The number of benzene rings is 3. The summed E-state index contributed by atoms with van der Waals surface area (Å²) in [7, 11) is -2.78. The largest absolute Gasteiger partial charge is 0.400 e. The predicted molar refractivity (Wildman–Crippen MR) is 140 cm³/mol. The maximum absolute atomic E-state index is 12.7. The van der Waals surface area contributed by atoms with Crippen LogP contribution in [0.2, 0.25) is 15.1 Å². The number of halogens is 3. The van der Waals surface area contributed by atoms with Crippen LogP contribution in [0.3, 0.4) is 0 Å². The molecule has 0 amide bonds. The van der Waals surface area contributed by atoms with E-state index in [4.69, 9.17) is 45.1 Å². The number of rotatable bonds is 7. The van der Waals surface area contributed by atoms with E-state index in [2.05, 4.69) is 9.82 Å². The zero-order chi connectivity index (χ0) is 25.6. The molecule has 0 aromatic heterocycles. The van der Waals surface area contributed by atoms with Gasteiger partial charge in [0.15, 0.2) is 0 Å². The molecule has 4 rings (SSSR count). The van der Waals surface area contributed by atoms with Crippen molar-refractivity contribution in [1.29, 1.82) is 0 Å². The zero-order valence-corrected chi connectivity index (χ0v) is 21.6. The van der Waals surface area contributed by atoms with Gasteiger partial charge in [-0.2, -0.15) is 5.10 Å². The Morgan fingerprint density at radius 3 is 2.20 bits per heavy atom. The highest BCUT2D eigenvalue weighted by Gasteiger charge is 2.31. The standard InChI is InChI=1S/C22H19Cl3N4O3S.CH4O/c23-15-3-1-14(2-4-15)22-12-18(27-29(22)21-10-5-16(24)11-20(21)25)13-26-33(31,32)19-8-6-17(28-30)7-9-19;1-2/h1-11,22,26,28,30H,12-13H2;2H,1H3. The summed E-state index contributed by atoms with van der Waals surface area (Å²) >= 11 is 18.5. The van der Waals surface area contributed by atoms with Gasteiger partial charge in [-0.3, -0.25) is 15.7 Å². The number of sulfonamides is 1. The number of hydrogen-bond donors (Lipinski definition) is 4. The van der Waals surface area contributed by atoms with Crippen LogP contribution in [0.5, 0.6) is 0 Å². The Bertz CT molecular complexity index is 1290. The Morgan fingerprint density at radius 1 is 0.971 bits per heavy atom. The summed E-state index contributed by atoms with van der Waals surface area (Å²) in [5.74, 6) is 0. The summed E-state index contributed by atoms with van der Waals surface area (Å²) in [6.07, 6.45) is 0.483. The minimum Gasteiger partial charge on any atom is -0.400 e. The molecule has 35 heavy (non-hydrogen) atoms. The Labute approximate surface area is 218 Å². The molecule has 0 bridgehead atoms. The molecule has 1 atom stereocenters. The van der Waals surface area contributed by atoms with Crippen molar-refractivity contribution < 1.29 is 18.7 Å². The smallest absolute Gasteiger partial charge is 0.240 e. The number of aliphatic hydroxyl groups excluding tert-OH is 1. The number of aliphatic hydroxyl groups is 1. The number of hydrogen-bond acceptors (Lipinski definition) is 7. The van der Waals surface area contributed by atoms with Crippen molar-refractivity contribution in [2.24, 2.45) is 5.10 Å². The normalized spacial score (nSPS) is 15.3. The molecule has 3 aromatic rings. The first-order chi connectivity index (χ1) is 16.8. The lowest BCUT2D eigenvalue weighted by molar-refractivity contribution is 0.389. The number of nitrogens with one attached hydrogen (secondary N) is 2. The monoisotopic (exact) mass is 556 g/mol. The molecule has 1 aliphatic rings. The van der Waals surface area contributed by atoms with Crippen LogP contribution in [0.15, 0.2) is 76.7 Å². The maximum atomic E-state index is 12.7. The van der Waals surface area contributed by atoms with Gasteiger partial charge < -0.3 is 5.11 Å². The fourth-order valence-corrected chi connectivity index (χ4v) is 5.12. The van der Waals surface area contributed by atoms with Crippen LogP contribution < -0.4 is 15.2 Å². The molecule has 0 radical (unpaired) electrons. The Morgan fingerprint density at radius 2 is 1.60 bits per heavy atom. The molecule has 8 nitrogen and oxygen atoms in total. The van der Waals surface area contributed by atoms with E-state index in [1.54, 1.807) is 35.3 Å². The van der Waals surface area contributed by atoms with Crippen LogP contribution >= 0.6 is 34.8 Å². The summed E-state index contributed by atoms with van der Waals surface area (Å²) in [4.78, 5) is 0.0759. The van der Waals surface area contributed by atoms with Crippen molar-refractivity contribution in [3.8, 4) is 0 Å². The summed E-state index contributed by atoms with van der Waals surface area (Å²) < 4.78 is 28.0. The molecule has 3 aromatic carbocycles. The molecule has 0 fully saturated rings. The Kier molecular flexibility index (Phi) is 9.37. The van der Waals surface area contributed by atoms with Crippen LogP contribution in [0.4, 0.5) is 11.4 Å². The summed E-state index contributed by atoms with van der Waals surface area (Å²) in [6.45, 7) is 0.0220. The second-order valence-electron chi connectivity index (χ2n) is 7.34. The SMILES string of the molecule is CO.O=S(=O)(NCC1=NN(c2ccc(Cl)cc2Cl)C(c2ccc(Cl)cc2)C1)c1ccc(NO)cc1. The lowest BCUT2D eigenvalue weighted by atomic mass is 10.0. The highest BCUT2D eigenvalue weighted by atomic mass is 35.5. The van der Waals surface area contributed by atoms with E-state index in [0.717, 1.165) is 12.7 Å². The van der Waals surface area contributed by atoms with E-state index < -0.39 is 10.0 Å². The molecule has 0 aliphatic carbocycles. The molecule has 186 valence electrons. The lowest BCUT2D eigenvalue weighted by Gasteiger charge is -2.25. The first-order valence-electron chi connectivity index (χ1n) is 10.3. The Balaban J connectivity index is 0.00000167. The second kappa shape index (κ2) is 12.0. The average Bonchev–Trinajstić information content (AvgIpc) is 3.28. The van der Waals surface area contributed by atoms with E-state index in [0.29, 0.717) is 38.6 Å². The lowest BCUT2D eigenvalue weighted by Crippen LogP contribution is -2.29. The minimum absolute atomic E-state index is 0.0220. The third-order valence-electron chi connectivity index (χ3n) is 5.14. The van der Waals surface area contributed by atoms with Gasteiger partial charge in [-0.15, -0.1) is 0 Å². The number of hydrazone groups is 1. The Hall–Kier alpha value is -2.37. The zero-order valence-electron chi connectivity index (χ0n) is 18.5. The minimum atomic E-state index is -3.78. The second-order valence-corrected chi connectivity index (χ2v) is 10.4. The van der Waals surface area contributed by atoms with Crippen LogP contribution in [0.1, 0.15) is 18.0 Å². The number of nitrogens with zero attached hydrogens (tertiary/aromatic N) is 2. The number of anilines is 2. The first kappa shape index (κ1) is 27.2. The molecular formula is C23H23Cl3N4O4S. The van der Waals surface area contributed by atoms with Crippen LogP contribution in [-0.4, -0.2) is 38.1 Å². The van der Waals surface area contributed by atoms with Gasteiger partial charge in [0.1, 0.15) is 0 Å². The van der Waals surface area contributed by atoms with Gasteiger partial charge in [-0.05, 0) is 60.2 Å². The van der Waals surface area contributed by atoms with Gasteiger partial charge in [0, 0.05) is 23.6 Å². The van der Waals surface area contributed by atoms with Gasteiger partial charge >= 0.3 is 0 Å². The van der Waals surface area contributed by atoms with Gasteiger partial charge in [-0.25, -0.2) is 13.1 Å². The van der Waals surface area contributed by atoms with Crippen LogP contribution in [-0.2, 0) is 10.0 Å². The third kappa shape index (κ3) is 6.65. The van der Waals surface area contributed by atoms with Gasteiger partial charge in [-0.1, -0.05) is 46.9 Å². The highest BCUT2D eigenvalue weighted by Crippen LogP contribution is 2.39. The molecule has 0 saturated heterocycles. The van der Waals surface area contributed by atoms with Crippen LogP contribution in [0, 0.1) is 0 Å². The van der Waals surface area contributed by atoms with E-state index in [9.17, 15) is 8.42 Å². The molecule has 1 aliphatic heterocycles. The molecular weight excluding hydrogens is 535 g/mol. The predicted octanol–water partition coefficient (Wildman–Crippen LogP) is 5.34. The maximum Gasteiger partial charge on any atom is 0.240 e. The van der Waals surface area contributed by atoms with Gasteiger partial charge in [0.2, 0.25) is 10.0 Å². The molecule has 1 heterocycles. The fraction of sp³-hybridized carbons (Fsp3) is 0.174. The van der Waals surface area contributed by atoms with Gasteiger partial charge in [0.25, 0.3) is 0 Å². The summed E-state index contributed by atoms with van der Waals surface area (Å²) in [6, 6.07) is 18.1. The summed E-state index contributed by atoms with van der Waals surface area (Å²) in [5, 5.41) is 23.9. The molecule has 4 N–H and O–H groups in total. The van der Waals surface area contributed by atoms with E-state index >= 15 is 0 Å². The third-order valence-corrected chi connectivity index (χ3v) is 7.35. The summed E-state index contributed by atoms with van der Waals surface area (Å²) in [5.41, 5.74) is 4.61. The molecule has 1 unspecified atom stereocenters. The average molecular weight is 558 g/mol. The van der Waals surface area contributed by atoms with Crippen LogP contribution in [0.25, 0.3) is 0 Å². The van der Waals surface area contributed by atoms with Crippen molar-refractivity contribution in [2.45, 2.75) is 17.4 Å². The fourth-order valence-electron chi connectivity index (χ4n) is 3.48. The van der Waals surface area contributed by atoms with Crippen molar-refractivity contribution in [2.75, 3.05) is 24.1 Å². The van der Waals surface area contributed by atoms with Crippen molar-refractivity contribution in [3.05, 3.63) is 87.4 Å². The quantitative estimate of drug-likeness (QED) is 0.292. The van der Waals surface area contributed by atoms with Crippen molar-refractivity contribution in [3.63, 3.8) is 0 Å². The van der Waals surface area contributed by atoms with Crippen molar-refractivity contribution in [1.82, 2.24) is 4.72 Å². The van der Waals surface area contributed by atoms with E-state index in [1.165, 1.54) is 24.3 Å². The van der Waals surface area contributed by atoms with Crippen molar-refractivity contribution >= 4 is 61.9 Å². The first-order valence-corrected chi connectivity index (χ1v) is 12.9. The topological polar surface area (TPSA) is 114 Å². The molecule has 12 heteroatoms. The van der Waals surface area contributed by atoms with E-state index in [1.807, 2.05) is 17.6 Å². The highest BCUT2D eigenvalue weighted by molar-refractivity contribution is 7.89. The van der Waals surface area contributed by atoms with Gasteiger partial charge in [0.05, 0.1) is 39.6 Å².